The highest BCUT2D eigenvalue weighted by Gasteiger charge is 2.20. The molecule has 176 valence electrons. The topological polar surface area (TPSA) is 90.1 Å². The van der Waals surface area contributed by atoms with Gasteiger partial charge in [-0.2, -0.15) is 8.78 Å². The summed E-state index contributed by atoms with van der Waals surface area (Å²) in [5.41, 5.74) is 2.57. The van der Waals surface area contributed by atoms with Crippen molar-refractivity contribution >= 4 is 29.9 Å². The fourth-order valence-corrected chi connectivity index (χ4v) is 3.11. The average Bonchev–Trinajstić information content (AvgIpc) is 3.43. The van der Waals surface area contributed by atoms with Crippen LogP contribution in [-0.4, -0.2) is 31.4 Å². The molecule has 0 unspecified atom stereocenters. The van der Waals surface area contributed by atoms with Gasteiger partial charge in [0.25, 0.3) is 0 Å². The van der Waals surface area contributed by atoms with Crippen LogP contribution in [0, 0.1) is 6.92 Å². The van der Waals surface area contributed by atoms with E-state index in [1.165, 1.54) is 6.07 Å². The third-order valence-corrected chi connectivity index (χ3v) is 4.74. The van der Waals surface area contributed by atoms with E-state index in [-0.39, 0.29) is 49.6 Å². The lowest BCUT2D eigenvalue weighted by molar-refractivity contribution is -0.0505. The maximum Gasteiger partial charge on any atom is 0.387 e. The number of nitrogens with one attached hydrogen (secondary N) is 2. The van der Waals surface area contributed by atoms with Crippen LogP contribution >= 0.6 is 24.0 Å². The van der Waals surface area contributed by atoms with Crippen LogP contribution in [0.15, 0.2) is 52.0 Å². The Morgan fingerprint density at radius 2 is 1.82 bits per heavy atom. The fraction of sp³-hybridized carbons (Fsp3) is 0.273. The molecule has 0 amide bonds. The fourth-order valence-electron chi connectivity index (χ4n) is 3.11. The van der Waals surface area contributed by atoms with Crippen molar-refractivity contribution in [1.29, 1.82) is 0 Å². The molecule has 0 spiro atoms. The van der Waals surface area contributed by atoms with Crippen LogP contribution in [0.5, 0.6) is 17.2 Å². The second kappa shape index (κ2) is 11.2. The predicted octanol–water partition coefficient (Wildman–Crippen LogP) is 4.46. The van der Waals surface area contributed by atoms with Gasteiger partial charge in [0, 0.05) is 30.8 Å². The number of hydrogen-bond acceptors (Lipinski definition) is 6. The Balaban J connectivity index is 0.00000306. The number of alkyl halides is 2. The van der Waals surface area contributed by atoms with Gasteiger partial charge in [0.05, 0.1) is 12.7 Å². The summed E-state index contributed by atoms with van der Waals surface area (Å²) in [6.07, 6.45) is 1.67. The van der Waals surface area contributed by atoms with Crippen LogP contribution < -0.4 is 24.8 Å². The third-order valence-electron chi connectivity index (χ3n) is 4.74. The van der Waals surface area contributed by atoms with E-state index in [4.69, 9.17) is 13.9 Å². The Kier molecular flexibility index (Phi) is 8.31. The van der Waals surface area contributed by atoms with Crippen molar-refractivity contribution in [2.75, 3.05) is 13.8 Å². The lowest BCUT2D eigenvalue weighted by Gasteiger charge is -2.14. The molecule has 0 aliphatic carbocycles. The molecule has 0 radical (unpaired) electrons. The van der Waals surface area contributed by atoms with Gasteiger partial charge in [-0.05, 0) is 13.0 Å². The van der Waals surface area contributed by atoms with E-state index in [0.29, 0.717) is 34.7 Å². The molecule has 0 fully saturated rings. The standard InChI is InChI=1S/C22H22F2N4O4.HI/c1-13-3-5-14(6-4-13)19-10-26-20(31-19)11-28-22(25-2)27-9-15-7-17-18(30-12-29-17)8-16(15)32-21(23)24;/h3-8,10,21H,9,11-12H2,1-2H3,(H2,25,27,28);1H. The molecule has 1 aromatic heterocycles. The average molecular weight is 572 g/mol. The minimum Gasteiger partial charge on any atom is -0.454 e. The number of aliphatic imine (C=N–C) groups is 1. The maximum atomic E-state index is 12.8. The monoisotopic (exact) mass is 572 g/mol. The summed E-state index contributed by atoms with van der Waals surface area (Å²) in [5.74, 6) is 2.41. The summed E-state index contributed by atoms with van der Waals surface area (Å²) in [4.78, 5) is 8.42. The SMILES string of the molecule is CN=C(NCc1ncc(-c2ccc(C)cc2)o1)NCc1cc2c(cc1OC(F)F)OCO2.I. The largest absolute Gasteiger partial charge is 0.454 e. The van der Waals surface area contributed by atoms with E-state index >= 15 is 0 Å². The van der Waals surface area contributed by atoms with E-state index in [9.17, 15) is 8.78 Å². The number of nitrogens with zero attached hydrogens (tertiary/aromatic N) is 2. The van der Waals surface area contributed by atoms with E-state index in [1.807, 2.05) is 31.2 Å². The summed E-state index contributed by atoms with van der Waals surface area (Å²) in [6, 6.07) is 10.9. The molecule has 2 aromatic carbocycles. The molecule has 1 aliphatic rings. The predicted molar refractivity (Wildman–Crippen MR) is 128 cm³/mol. The van der Waals surface area contributed by atoms with E-state index in [2.05, 4.69) is 25.3 Å². The Hall–Kier alpha value is -3.09. The van der Waals surface area contributed by atoms with Crippen molar-refractivity contribution in [2.24, 2.45) is 4.99 Å². The minimum absolute atomic E-state index is 0. The van der Waals surface area contributed by atoms with Crippen molar-refractivity contribution in [3.8, 4) is 28.6 Å². The summed E-state index contributed by atoms with van der Waals surface area (Å²) in [7, 11) is 1.60. The first-order chi connectivity index (χ1) is 15.5. The number of rotatable bonds is 7. The van der Waals surface area contributed by atoms with Crippen LogP contribution in [-0.2, 0) is 13.1 Å². The summed E-state index contributed by atoms with van der Waals surface area (Å²) in [6.45, 7) is -0.459. The second-order valence-electron chi connectivity index (χ2n) is 6.96. The highest BCUT2D eigenvalue weighted by molar-refractivity contribution is 14.0. The van der Waals surface area contributed by atoms with Gasteiger partial charge in [-0.1, -0.05) is 29.8 Å². The zero-order valence-corrected chi connectivity index (χ0v) is 20.3. The lowest BCUT2D eigenvalue weighted by atomic mass is 10.1. The molecule has 2 heterocycles. The Bertz CT molecular complexity index is 1110. The molecule has 3 aromatic rings. The number of guanidine groups is 1. The van der Waals surface area contributed by atoms with Crippen LogP contribution in [0.2, 0.25) is 0 Å². The van der Waals surface area contributed by atoms with E-state index in [1.54, 1.807) is 19.3 Å². The van der Waals surface area contributed by atoms with E-state index < -0.39 is 6.61 Å². The van der Waals surface area contributed by atoms with Gasteiger partial charge in [-0.25, -0.2) is 4.98 Å². The number of oxazole rings is 1. The quantitative estimate of drug-likeness (QED) is 0.246. The Morgan fingerprint density at radius 1 is 1.12 bits per heavy atom. The van der Waals surface area contributed by atoms with Gasteiger partial charge >= 0.3 is 6.61 Å². The molecule has 11 heteroatoms. The van der Waals surface area contributed by atoms with Gasteiger partial charge in [0.15, 0.2) is 23.2 Å². The van der Waals surface area contributed by atoms with Gasteiger partial charge in [-0.15, -0.1) is 24.0 Å². The first kappa shape index (κ1) is 24.6. The number of hydrogen-bond donors (Lipinski definition) is 2. The zero-order valence-electron chi connectivity index (χ0n) is 17.9. The molecule has 0 saturated carbocycles. The smallest absolute Gasteiger partial charge is 0.387 e. The van der Waals surface area contributed by atoms with Crippen molar-refractivity contribution in [3.63, 3.8) is 0 Å². The first-order valence-electron chi connectivity index (χ1n) is 9.85. The molecular formula is C22H23F2IN4O4. The molecule has 0 bridgehead atoms. The highest BCUT2D eigenvalue weighted by atomic mass is 127. The Labute approximate surface area is 206 Å². The third kappa shape index (κ3) is 6.24. The number of halogens is 3. The molecule has 0 atom stereocenters. The number of aromatic nitrogens is 1. The minimum atomic E-state index is -2.96. The summed E-state index contributed by atoms with van der Waals surface area (Å²) < 4.78 is 46.6. The normalized spacial score (nSPS) is 12.5. The van der Waals surface area contributed by atoms with E-state index in [0.717, 1.165) is 11.1 Å². The number of aryl methyl sites for hydroxylation is 1. The molecule has 4 rings (SSSR count). The number of fused-ring (bicyclic) bond motifs is 1. The van der Waals surface area contributed by atoms with Crippen molar-refractivity contribution in [3.05, 3.63) is 59.6 Å². The summed E-state index contributed by atoms with van der Waals surface area (Å²) >= 11 is 0. The van der Waals surface area contributed by atoms with Crippen LogP contribution in [0.1, 0.15) is 17.0 Å². The van der Waals surface area contributed by atoms with Gasteiger partial charge in [-0.3, -0.25) is 4.99 Å². The molecule has 8 nitrogen and oxygen atoms in total. The first-order valence-corrected chi connectivity index (χ1v) is 9.85. The number of benzene rings is 2. The maximum absolute atomic E-state index is 12.8. The summed E-state index contributed by atoms with van der Waals surface area (Å²) in [5, 5.41) is 6.13. The van der Waals surface area contributed by atoms with Crippen LogP contribution in [0.3, 0.4) is 0 Å². The molecule has 0 saturated heterocycles. The van der Waals surface area contributed by atoms with Crippen molar-refractivity contribution in [1.82, 2.24) is 15.6 Å². The molecular weight excluding hydrogens is 549 g/mol. The molecule has 33 heavy (non-hydrogen) atoms. The van der Waals surface area contributed by atoms with Gasteiger partial charge in [0.2, 0.25) is 12.7 Å². The lowest BCUT2D eigenvalue weighted by Crippen LogP contribution is -2.36. The van der Waals surface area contributed by atoms with Crippen molar-refractivity contribution < 1.29 is 27.4 Å². The molecule has 1 aliphatic heterocycles. The zero-order chi connectivity index (χ0) is 22.5. The second-order valence-corrected chi connectivity index (χ2v) is 6.96. The van der Waals surface area contributed by atoms with Crippen molar-refractivity contribution in [2.45, 2.75) is 26.6 Å². The van der Waals surface area contributed by atoms with Gasteiger partial charge in [0.1, 0.15) is 5.75 Å². The highest BCUT2D eigenvalue weighted by Crippen LogP contribution is 2.38. The number of ether oxygens (including phenoxy) is 3. The van der Waals surface area contributed by atoms with Gasteiger partial charge < -0.3 is 29.3 Å². The molecule has 2 N–H and O–H groups in total. The Morgan fingerprint density at radius 3 is 2.52 bits per heavy atom. The van der Waals surface area contributed by atoms with Crippen LogP contribution in [0.25, 0.3) is 11.3 Å². The van der Waals surface area contributed by atoms with Crippen LogP contribution in [0.4, 0.5) is 8.78 Å².